The van der Waals surface area contributed by atoms with Crippen LogP contribution in [0.25, 0.3) is 0 Å². The minimum Gasteiger partial charge on any atom is -0.257 e. The molecule has 1 unspecified atom stereocenters. The average Bonchev–Trinajstić information content (AvgIpc) is 2.31. The summed E-state index contributed by atoms with van der Waals surface area (Å²) in [5.41, 5.74) is 1.06. The van der Waals surface area contributed by atoms with E-state index in [0.717, 1.165) is 11.4 Å². The van der Waals surface area contributed by atoms with Crippen molar-refractivity contribution in [3.05, 3.63) is 22.8 Å². The highest BCUT2D eigenvalue weighted by atomic mass is 79.9. The van der Waals surface area contributed by atoms with E-state index in [1.54, 1.807) is 18.0 Å². The maximum Gasteiger partial charge on any atom is 0.153 e. The smallest absolute Gasteiger partial charge is 0.153 e. The first-order valence-electron chi connectivity index (χ1n) is 3.17. The molecule has 0 aromatic heterocycles. The lowest BCUT2D eigenvalue weighted by atomic mass is 10.3. The quantitative estimate of drug-likeness (QED) is 0.602. The van der Waals surface area contributed by atoms with Gasteiger partial charge < -0.3 is 0 Å². The number of fused-ring (bicyclic) bond motifs is 1. The SMILES string of the molecule is ClC1(Br)C=NC2=CCSC2=C1. The summed E-state index contributed by atoms with van der Waals surface area (Å²) in [6, 6.07) is 0. The molecule has 1 atom stereocenters. The minimum atomic E-state index is -0.559. The molecule has 0 radical (unpaired) electrons. The van der Waals surface area contributed by atoms with Crippen LogP contribution < -0.4 is 0 Å². The first kappa shape index (κ1) is 7.90. The van der Waals surface area contributed by atoms with Gasteiger partial charge in [-0.15, -0.1) is 11.8 Å². The summed E-state index contributed by atoms with van der Waals surface area (Å²) >= 11 is 11.1. The molecule has 58 valence electrons. The summed E-state index contributed by atoms with van der Waals surface area (Å²) in [4.78, 5) is 5.39. The van der Waals surface area contributed by atoms with Gasteiger partial charge in [0.2, 0.25) is 0 Å². The van der Waals surface area contributed by atoms with Crippen molar-refractivity contribution in [3.8, 4) is 0 Å². The second kappa shape index (κ2) is 2.64. The number of alkyl halides is 2. The lowest BCUT2D eigenvalue weighted by Crippen LogP contribution is -2.13. The lowest BCUT2D eigenvalue weighted by Gasteiger charge is -2.15. The van der Waals surface area contributed by atoms with Gasteiger partial charge in [-0.2, -0.15) is 0 Å². The second-order valence-corrected chi connectivity index (χ2v) is 5.80. The summed E-state index contributed by atoms with van der Waals surface area (Å²) in [5, 5.41) is 0. The Morgan fingerprint density at radius 2 is 2.55 bits per heavy atom. The van der Waals surface area contributed by atoms with Crippen LogP contribution in [0.5, 0.6) is 0 Å². The Morgan fingerprint density at radius 3 is 3.36 bits per heavy atom. The largest absolute Gasteiger partial charge is 0.257 e. The van der Waals surface area contributed by atoms with Gasteiger partial charge in [0.25, 0.3) is 0 Å². The van der Waals surface area contributed by atoms with E-state index in [1.165, 1.54) is 4.91 Å². The molecule has 0 saturated carbocycles. The zero-order valence-electron chi connectivity index (χ0n) is 5.55. The number of dihydropyridines is 1. The Labute approximate surface area is 82.7 Å². The zero-order valence-corrected chi connectivity index (χ0v) is 8.71. The predicted octanol–water partition coefficient (Wildman–Crippen LogP) is 2.92. The molecule has 0 amide bonds. The van der Waals surface area contributed by atoms with Crippen LogP contribution in [0, 0.1) is 0 Å². The van der Waals surface area contributed by atoms with Crippen LogP contribution in [-0.2, 0) is 0 Å². The molecule has 2 heterocycles. The van der Waals surface area contributed by atoms with E-state index in [0.29, 0.717) is 0 Å². The van der Waals surface area contributed by atoms with Crippen LogP contribution in [0.1, 0.15) is 0 Å². The van der Waals surface area contributed by atoms with Crippen LogP contribution in [0.4, 0.5) is 0 Å². The fourth-order valence-corrected chi connectivity index (χ4v) is 2.66. The van der Waals surface area contributed by atoms with Crippen LogP contribution in [-0.4, -0.2) is 15.8 Å². The predicted molar refractivity (Wildman–Crippen MR) is 54.6 cm³/mol. The Bertz CT molecular complexity index is 280. The number of nitrogens with zero attached hydrogens (tertiary/aromatic N) is 1. The van der Waals surface area contributed by atoms with Crippen LogP contribution in [0.2, 0.25) is 0 Å². The van der Waals surface area contributed by atoms with Gasteiger partial charge in [0.1, 0.15) is 0 Å². The Kier molecular flexibility index (Phi) is 1.90. The molecule has 0 aromatic carbocycles. The van der Waals surface area contributed by atoms with Gasteiger partial charge in [-0.1, -0.05) is 27.5 Å². The number of thioether (sulfide) groups is 1. The molecule has 0 aliphatic carbocycles. The molecule has 0 saturated heterocycles. The molecule has 4 heteroatoms. The molecule has 0 N–H and O–H groups in total. The van der Waals surface area contributed by atoms with Gasteiger partial charge >= 0.3 is 0 Å². The highest BCUT2D eigenvalue weighted by Gasteiger charge is 2.25. The van der Waals surface area contributed by atoms with Crippen molar-refractivity contribution >= 4 is 45.5 Å². The third-order valence-electron chi connectivity index (χ3n) is 1.47. The summed E-state index contributed by atoms with van der Waals surface area (Å²) in [5.74, 6) is 1.01. The van der Waals surface area contributed by atoms with Crippen molar-refractivity contribution in [2.45, 2.75) is 3.78 Å². The molecule has 0 spiro atoms. The van der Waals surface area contributed by atoms with Gasteiger partial charge in [0, 0.05) is 16.9 Å². The summed E-state index contributed by atoms with van der Waals surface area (Å²) in [7, 11) is 0. The van der Waals surface area contributed by atoms with Crippen molar-refractivity contribution < 1.29 is 0 Å². The van der Waals surface area contributed by atoms with Crippen molar-refractivity contribution in [2.75, 3.05) is 5.75 Å². The average molecular weight is 251 g/mol. The fraction of sp³-hybridized carbons (Fsp3) is 0.286. The van der Waals surface area contributed by atoms with Crippen LogP contribution >= 0.6 is 39.3 Å². The van der Waals surface area contributed by atoms with Crippen molar-refractivity contribution in [2.24, 2.45) is 4.99 Å². The van der Waals surface area contributed by atoms with Gasteiger partial charge in [-0.25, -0.2) is 0 Å². The lowest BCUT2D eigenvalue weighted by molar-refractivity contribution is 1.28. The Balaban J connectivity index is 2.39. The number of aliphatic imine (C=N–C) groups is 1. The van der Waals surface area contributed by atoms with Gasteiger partial charge in [-0.05, 0) is 12.2 Å². The highest BCUT2D eigenvalue weighted by molar-refractivity contribution is 9.10. The molecule has 0 fully saturated rings. The third kappa shape index (κ3) is 1.55. The van der Waals surface area contributed by atoms with Crippen molar-refractivity contribution in [3.63, 3.8) is 0 Å². The third-order valence-corrected chi connectivity index (χ3v) is 3.08. The minimum absolute atomic E-state index is 0.559. The number of hydrogen-bond acceptors (Lipinski definition) is 2. The Morgan fingerprint density at radius 1 is 1.73 bits per heavy atom. The maximum absolute atomic E-state index is 5.99. The first-order chi connectivity index (χ1) is 5.17. The number of rotatable bonds is 0. The van der Waals surface area contributed by atoms with E-state index in [9.17, 15) is 0 Å². The molecular weight excluding hydrogens is 246 g/mol. The summed E-state index contributed by atoms with van der Waals surface area (Å²) < 4.78 is -0.559. The molecule has 2 aliphatic rings. The zero-order chi connectivity index (χ0) is 7.90. The molecule has 0 aromatic rings. The number of halogens is 2. The molecule has 2 aliphatic heterocycles. The van der Waals surface area contributed by atoms with Gasteiger partial charge in [-0.3, -0.25) is 4.99 Å². The number of hydrogen-bond donors (Lipinski definition) is 0. The summed E-state index contributed by atoms with van der Waals surface area (Å²) in [6.07, 6.45) is 5.78. The van der Waals surface area contributed by atoms with E-state index in [-0.39, 0.29) is 0 Å². The van der Waals surface area contributed by atoms with E-state index >= 15 is 0 Å². The topological polar surface area (TPSA) is 12.4 Å². The van der Waals surface area contributed by atoms with E-state index in [4.69, 9.17) is 11.6 Å². The van der Waals surface area contributed by atoms with E-state index in [1.807, 2.05) is 6.08 Å². The molecular formula is C7H5BrClNS. The monoisotopic (exact) mass is 249 g/mol. The van der Waals surface area contributed by atoms with Gasteiger partial charge in [0.05, 0.1) is 5.70 Å². The normalized spacial score (nSPS) is 34.7. The standard InChI is InChI=1S/C7H5BrClNS/c8-7(9)3-6-5(10-4-7)1-2-11-6/h1,3-4H,2H2. The van der Waals surface area contributed by atoms with Crippen LogP contribution in [0.15, 0.2) is 27.7 Å². The molecule has 1 nitrogen and oxygen atoms in total. The maximum atomic E-state index is 5.99. The molecule has 2 rings (SSSR count). The van der Waals surface area contributed by atoms with Gasteiger partial charge in [0.15, 0.2) is 3.78 Å². The second-order valence-electron chi connectivity index (χ2n) is 2.34. The van der Waals surface area contributed by atoms with Crippen LogP contribution in [0.3, 0.4) is 0 Å². The summed E-state index contributed by atoms with van der Waals surface area (Å²) in [6.45, 7) is 0. The van der Waals surface area contributed by atoms with E-state index in [2.05, 4.69) is 27.0 Å². The van der Waals surface area contributed by atoms with E-state index < -0.39 is 3.78 Å². The van der Waals surface area contributed by atoms with Crippen molar-refractivity contribution in [1.29, 1.82) is 0 Å². The molecule has 11 heavy (non-hydrogen) atoms. The highest BCUT2D eigenvalue weighted by Crippen LogP contribution is 2.39. The first-order valence-corrected chi connectivity index (χ1v) is 5.32. The number of allylic oxidation sites excluding steroid dienone is 1. The fourth-order valence-electron chi connectivity index (χ4n) is 0.985. The Hall–Kier alpha value is 0.270. The van der Waals surface area contributed by atoms with Crippen molar-refractivity contribution in [1.82, 2.24) is 0 Å². The molecule has 0 bridgehead atoms.